The van der Waals surface area contributed by atoms with Gasteiger partial charge in [0.15, 0.2) is 8.32 Å². The molecule has 6 heteroatoms. The summed E-state index contributed by atoms with van der Waals surface area (Å²) in [6, 6.07) is 0. The van der Waals surface area contributed by atoms with Gasteiger partial charge in [0.25, 0.3) is 0 Å². The smallest absolute Gasteiger partial charge is 0.358 e. The van der Waals surface area contributed by atoms with Gasteiger partial charge in [-0.05, 0) is 19.6 Å². The van der Waals surface area contributed by atoms with Gasteiger partial charge in [0.2, 0.25) is 0 Å². The Labute approximate surface area is 194 Å². The van der Waals surface area contributed by atoms with Gasteiger partial charge in [-0.1, -0.05) is 54.1 Å². The second-order valence-electron chi connectivity index (χ2n) is 7.51. The minimum Gasteiger partial charge on any atom is -0.358 e. The fourth-order valence-corrected chi connectivity index (χ4v) is 2.08. The van der Waals surface area contributed by atoms with E-state index in [9.17, 15) is 0 Å². The molecule has 0 radical (unpaired) electrons. The Hall–Kier alpha value is 0.950. The van der Waals surface area contributed by atoms with E-state index in [0.29, 0.717) is 12.5 Å². The Morgan fingerprint density at radius 1 is 1.15 bits per heavy atom. The second-order valence-corrected chi connectivity index (χ2v) is 12.0. The fraction of sp³-hybridized carbons (Fsp3) is 0.650. The van der Waals surface area contributed by atoms with Gasteiger partial charge in [-0.25, -0.2) is 5.57 Å². The molecule has 0 aromatic carbocycles. The van der Waals surface area contributed by atoms with Gasteiger partial charge in [-0.15, -0.1) is 37.3 Å². The molecular formula is C20H43Cl2NOSiZr-4. The summed E-state index contributed by atoms with van der Waals surface area (Å²) in [5, 5.41) is 0. The third kappa shape index (κ3) is 32.6. The predicted molar refractivity (Wildman–Crippen MR) is 127 cm³/mol. The Kier molecular flexibility index (Phi) is 32.9. The number of hydrogen-bond donors (Lipinski definition) is 0. The summed E-state index contributed by atoms with van der Waals surface area (Å²) in [5.41, 5.74) is 10.9. The van der Waals surface area contributed by atoms with Crippen LogP contribution < -0.4 is 0 Å². The summed E-state index contributed by atoms with van der Waals surface area (Å²) >= 11 is 1.30. The maximum atomic E-state index is 6.94. The molecule has 160 valence electrons. The summed E-state index contributed by atoms with van der Waals surface area (Å²) in [5.74, 6) is 0.560. The van der Waals surface area contributed by atoms with Crippen LogP contribution in [0.15, 0.2) is 16.7 Å². The second kappa shape index (κ2) is 20.7. The van der Waals surface area contributed by atoms with Crippen LogP contribution in [0.3, 0.4) is 0 Å². The average molecular weight is 504 g/mol. The number of nitrogens with one attached hydrogen (secondary N) is 1. The van der Waals surface area contributed by atoms with Crippen molar-refractivity contribution in [1.82, 2.24) is 0 Å². The van der Waals surface area contributed by atoms with Crippen LogP contribution in [-0.4, -0.2) is 24.7 Å². The molecule has 0 aliphatic heterocycles. The number of halogens is 2. The van der Waals surface area contributed by atoms with Crippen LogP contribution in [0.25, 0.3) is 5.73 Å². The molecule has 26 heavy (non-hydrogen) atoms. The molecular weight excluding hydrogens is 460 g/mol. The zero-order valence-corrected chi connectivity index (χ0v) is 24.0. The van der Waals surface area contributed by atoms with Crippen LogP contribution >= 0.6 is 24.8 Å². The van der Waals surface area contributed by atoms with Crippen molar-refractivity contribution in [3.63, 3.8) is 0 Å². The van der Waals surface area contributed by atoms with Crippen LogP contribution in [-0.2, 0) is 28.7 Å². The predicted octanol–water partition coefficient (Wildman–Crippen LogP) is 7.49. The zero-order chi connectivity index (χ0) is 19.4. The van der Waals surface area contributed by atoms with Crippen LogP contribution in [0.4, 0.5) is 0 Å². The van der Waals surface area contributed by atoms with Crippen LogP contribution in [0.2, 0.25) is 19.6 Å². The fourth-order valence-electron chi connectivity index (χ4n) is 1.47. The van der Waals surface area contributed by atoms with Gasteiger partial charge < -0.3 is 24.5 Å². The molecule has 0 spiro atoms. The van der Waals surface area contributed by atoms with Gasteiger partial charge in [-0.3, -0.25) is 6.08 Å². The third-order valence-corrected chi connectivity index (χ3v) is 3.84. The molecule has 0 saturated heterocycles. The van der Waals surface area contributed by atoms with Crippen molar-refractivity contribution >= 4 is 37.3 Å². The van der Waals surface area contributed by atoms with Crippen molar-refractivity contribution in [1.29, 1.82) is 0 Å². The molecule has 1 atom stereocenters. The van der Waals surface area contributed by atoms with Crippen molar-refractivity contribution in [2.24, 2.45) is 5.92 Å². The number of rotatable bonds is 2. The largest absolute Gasteiger partial charge is 0.358 e. The van der Waals surface area contributed by atoms with Crippen LogP contribution in [0, 0.1) is 26.3 Å². The Bertz CT molecular complexity index is 380. The zero-order valence-electron chi connectivity index (χ0n) is 18.9. The molecule has 0 amide bonds. The molecule has 1 N–H and O–H groups in total. The summed E-state index contributed by atoms with van der Waals surface area (Å²) < 4.78 is 8.60. The van der Waals surface area contributed by atoms with Crippen molar-refractivity contribution < 1.29 is 28.7 Å². The Morgan fingerprint density at radius 2 is 1.46 bits per heavy atom. The molecule has 1 rings (SSSR count). The van der Waals surface area contributed by atoms with Crippen molar-refractivity contribution in [3.05, 3.63) is 42.9 Å². The summed E-state index contributed by atoms with van der Waals surface area (Å²) in [6.45, 7) is 24.9. The van der Waals surface area contributed by atoms with Crippen LogP contribution in [0.1, 0.15) is 48.5 Å². The van der Waals surface area contributed by atoms with Crippen LogP contribution in [0.5, 0.6) is 0 Å². The van der Waals surface area contributed by atoms with Gasteiger partial charge in [0, 0.05) is 0 Å². The first-order valence-electron chi connectivity index (χ1n) is 8.00. The molecule has 0 aromatic rings. The summed E-state index contributed by atoms with van der Waals surface area (Å²) in [6.07, 6.45) is 3.36. The van der Waals surface area contributed by atoms with Crippen molar-refractivity contribution in [3.8, 4) is 0 Å². The third-order valence-electron chi connectivity index (χ3n) is 2.77. The first kappa shape index (κ1) is 41.3. The van der Waals surface area contributed by atoms with E-state index in [2.05, 4.69) is 64.5 Å². The maximum Gasteiger partial charge on any atom is -0.358 e. The average Bonchev–Trinajstić information content (AvgIpc) is 2.56. The minimum atomic E-state index is -1.22. The van der Waals surface area contributed by atoms with E-state index in [-0.39, 0.29) is 37.8 Å². The van der Waals surface area contributed by atoms with Gasteiger partial charge in [-0.2, -0.15) is 11.1 Å². The first-order chi connectivity index (χ1) is 10.2. The van der Waals surface area contributed by atoms with Gasteiger partial charge in [0.05, 0.1) is 0 Å². The molecule has 0 saturated carbocycles. The van der Waals surface area contributed by atoms with Gasteiger partial charge in [0.1, 0.15) is 0 Å². The molecule has 0 fully saturated rings. The number of hydrogen-bond acceptors (Lipinski definition) is 1. The van der Waals surface area contributed by atoms with E-state index in [1.807, 2.05) is 20.8 Å². The number of allylic oxidation sites excluding steroid dienone is 4. The van der Waals surface area contributed by atoms with E-state index >= 15 is 0 Å². The SMILES string of the molecule is CC(C)(C)[NH-].CC1=[C-]C(C)C(C)=C1C.Cl.Cl.[CH2-]CO[Si](C)(C)C.[CH2]=[Zr].[CH3-]. The topological polar surface area (TPSA) is 33.0 Å². The molecule has 0 heterocycles. The van der Waals surface area contributed by atoms with Gasteiger partial charge >= 0.3 is 28.4 Å². The molecule has 1 aliphatic carbocycles. The molecule has 0 aromatic heterocycles. The van der Waals surface area contributed by atoms with E-state index in [4.69, 9.17) is 10.2 Å². The normalized spacial score (nSPS) is 15.0. The summed E-state index contributed by atoms with van der Waals surface area (Å²) in [7, 11) is -1.22. The molecule has 1 aliphatic rings. The summed E-state index contributed by atoms with van der Waals surface area (Å²) in [4.78, 5) is 0. The quantitative estimate of drug-likeness (QED) is 0.284. The Morgan fingerprint density at radius 3 is 1.50 bits per heavy atom. The standard InChI is InChI=1S/C9H13.C5H13OSi.C4H10N.CH3.CH2.2ClH.Zr/c1-6-5-7(2)9(4)8(6)3;1-5-6-7(2,3)4;1-4(2,3)5;;;;;/h6H,1-4H3;1,5H2,2-4H3;5H,1-3H3;1H3;1H2;2*1H;/q4*-1;;;;. The van der Waals surface area contributed by atoms with Crippen molar-refractivity contribution in [2.75, 3.05) is 6.61 Å². The van der Waals surface area contributed by atoms with E-state index in [1.54, 1.807) is 0 Å². The minimum absolute atomic E-state index is 0. The molecule has 1 unspecified atom stereocenters. The molecule has 0 bridgehead atoms. The monoisotopic (exact) mass is 501 g/mol. The van der Waals surface area contributed by atoms with E-state index < -0.39 is 8.32 Å². The first-order valence-corrected chi connectivity index (χ1v) is 13.1. The van der Waals surface area contributed by atoms with E-state index in [0.717, 1.165) is 0 Å². The van der Waals surface area contributed by atoms with E-state index in [1.165, 1.54) is 41.0 Å². The van der Waals surface area contributed by atoms with Crippen molar-refractivity contribution in [2.45, 2.75) is 73.6 Å². The molecule has 2 nitrogen and oxygen atoms in total. The Balaban J connectivity index is -0.0000000539. The maximum absolute atomic E-state index is 6.94.